The van der Waals surface area contributed by atoms with Gasteiger partial charge in [-0.3, -0.25) is 14.4 Å². The number of aryl methyl sites for hydroxylation is 2. The molecule has 1 heterocycles. The van der Waals surface area contributed by atoms with E-state index in [4.69, 9.17) is 23.2 Å². The van der Waals surface area contributed by atoms with Crippen LogP contribution in [0.15, 0.2) is 77.5 Å². The molecule has 1 aliphatic heterocycles. The van der Waals surface area contributed by atoms with Crippen molar-refractivity contribution in [3.8, 4) is 0 Å². The Hall–Kier alpha value is -3.61. The molecular weight excluding hydrogens is 473 g/mol. The van der Waals surface area contributed by atoms with Crippen LogP contribution in [-0.4, -0.2) is 17.7 Å². The summed E-state index contributed by atoms with van der Waals surface area (Å²) in [5.74, 6) is -1.45. The summed E-state index contributed by atoms with van der Waals surface area (Å²) in [6.45, 7) is 4.07. The average molecular weight is 494 g/mol. The number of hydrogen-bond acceptors (Lipinski definition) is 4. The Morgan fingerprint density at radius 1 is 0.882 bits per heavy atom. The van der Waals surface area contributed by atoms with Crippen LogP contribution in [0.5, 0.6) is 0 Å². The molecule has 1 aliphatic rings. The van der Waals surface area contributed by atoms with Gasteiger partial charge in [-0.2, -0.15) is 0 Å². The SMILES string of the molecule is Cc1ccc(N2C(=O)C(Cl)=C(Nc3cc(C(=O)NCc4ccc(Cl)cc4)ccc3C)C2=O)cc1. The van der Waals surface area contributed by atoms with Crippen LogP contribution in [0.1, 0.15) is 27.0 Å². The van der Waals surface area contributed by atoms with Gasteiger partial charge in [0.05, 0.1) is 5.69 Å². The van der Waals surface area contributed by atoms with E-state index in [1.165, 1.54) is 0 Å². The third-order valence-electron chi connectivity index (χ3n) is 5.45. The van der Waals surface area contributed by atoms with Crippen molar-refractivity contribution >= 4 is 52.3 Å². The lowest BCUT2D eigenvalue weighted by atomic mass is 10.1. The second kappa shape index (κ2) is 9.71. The van der Waals surface area contributed by atoms with Gasteiger partial charge in [-0.1, -0.05) is 59.1 Å². The van der Waals surface area contributed by atoms with Crippen LogP contribution < -0.4 is 15.5 Å². The lowest BCUT2D eigenvalue weighted by Gasteiger charge is -2.16. The summed E-state index contributed by atoms with van der Waals surface area (Å²) in [6.07, 6.45) is 0. The van der Waals surface area contributed by atoms with E-state index in [0.29, 0.717) is 28.5 Å². The fourth-order valence-electron chi connectivity index (χ4n) is 3.46. The predicted octanol–water partition coefficient (Wildman–Crippen LogP) is 5.32. The maximum absolute atomic E-state index is 13.0. The van der Waals surface area contributed by atoms with Crippen LogP contribution in [0, 0.1) is 13.8 Å². The van der Waals surface area contributed by atoms with E-state index in [-0.39, 0.29) is 16.6 Å². The Morgan fingerprint density at radius 2 is 1.56 bits per heavy atom. The van der Waals surface area contributed by atoms with Gasteiger partial charge in [0.1, 0.15) is 10.7 Å². The standard InChI is InChI=1S/C26H21Cl2N3O3/c1-15-3-11-20(12-4-15)31-25(33)22(28)23(26(31)34)30-21-13-18(8-5-16(21)2)24(32)29-14-17-6-9-19(27)10-7-17/h3-13,30H,14H2,1-2H3,(H,29,32). The summed E-state index contributed by atoms with van der Waals surface area (Å²) in [7, 11) is 0. The van der Waals surface area contributed by atoms with Gasteiger partial charge in [0.15, 0.2) is 0 Å². The monoisotopic (exact) mass is 493 g/mol. The van der Waals surface area contributed by atoms with E-state index < -0.39 is 11.8 Å². The van der Waals surface area contributed by atoms with Crippen molar-refractivity contribution in [2.45, 2.75) is 20.4 Å². The Morgan fingerprint density at radius 3 is 2.24 bits per heavy atom. The summed E-state index contributed by atoms with van der Waals surface area (Å²) in [5, 5.41) is 6.24. The lowest BCUT2D eigenvalue weighted by Crippen LogP contribution is -2.32. The number of nitrogens with one attached hydrogen (secondary N) is 2. The van der Waals surface area contributed by atoms with Crippen LogP contribution in [0.3, 0.4) is 0 Å². The molecule has 0 fully saturated rings. The van der Waals surface area contributed by atoms with E-state index in [1.54, 1.807) is 42.5 Å². The highest BCUT2D eigenvalue weighted by Crippen LogP contribution is 2.31. The lowest BCUT2D eigenvalue weighted by molar-refractivity contribution is -0.120. The summed E-state index contributed by atoms with van der Waals surface area (Å²) < 4.78 is 0. The second-order valence-electron chi connectivity index (χ2n) is 7.93. The molecule has 3 aromatic rings. The molecule has 172 valence electrons. The second-order valence-corrected chi connectivity index (χ2v) is 8.75. The molecule has 3 aromatic carbocycles. The zero-order valence-corrected chi connectivity index (χ0v) is 20.0. The maximum Gasteiger partial charge on any atom is 0.283 e. The average Bonchev–Trinajstić information content (AvgIpc) is 3.03. The maximum atomic E-state index is 13.0. The molecular formula is C26H21Cl2N3O3. The summed E-state index contributed by atoms with van der Waals surface area (Å²) >= 11 is 12.1. The van der Waals surface area contributed by atoms with Gasteiger partial charge in [0.2, 0.25) is 0 Å². The van der Waals surface area contributed by atoms with Gasteiger partial charge in [-0.05, 0) is 61.4 Å². The first-order valence-electron chi connectivity index (χ1n) is 10.5. The van der Waals surface area contributed by atoms with Crippen LogP contribution >= 0.6 is 23.2 Å². The van der Waals surface area contributed by atoms with Crippen molar-refractivity contribution in [1.29, 1.82) is 0 Å². The number of imide groups is 1. The molecule has 0 radical (unpaired) electrons. The number of carbonyl (C=O) groups is 3. The van der Waals surface area contributed by atoms with Gasteiger partial charge in [0, 0.05) is 22.8 Å². The molecule has 0 atom stereocenters. The van der Waals surface area contributed by atoms with E-state index in [9.17, 15) is 14.4 Å². The molecule has 34 heavy (non-hydrogen) atoms. The molecule has 0 unspecified atom stereocenters. The number of benzene rings is 3. The van der Waals surface area contributed by atoms with Crippen molar-refractivity contribution in [2.75, 3.05) is 10.2 Å². The molecule has 3 amide bonds. The van der Waals surface area contributed by atoms with Crippen molar-refractivity contribution in [2.24, 2.45) is 0 Å². The highest BCUT2D eigenvalue weighted by Gasteiger charge is 2.39. The van der Waals surface area contributed by atoms with Gasteiger partial charge in [-0.25, -0.2) is 4.90 Å². The summed E-state index contributed by atoms with van der Waals surface area (Å²) in [6, 6.07) is 19.3. The fraction of sp³-hybridized carbons (Fsp3) is 0.115. The molecule has 0 bridgehead atoms. The molecule has 0 saturated carbocycles. The van der Waals surface area contributed by atoms with Gasteiger partial charge in [-0.15, -0.1) is 0 Å². The minimum Gasteiger partial charge on any atom is -0.349 e. The van der Waals surface area contributed by atoms with E-state index in [2.05, 4.69) is 10.6 Å². The largest absolute Gasteiger partial charge is 0.349 e. The van der Waals surface area contributed by atoms with Crippen LogP contribution in [0.2, 0.25) is 5.02 Å². The first-order valence-corrected chi connectivity index (χ1v) is 11.3. The Bertz CT molecular complexity index is 1320. The van der Waals surface area contributed by atoms with E-state index >= 15 is 0 Å². The fourth-order valence-corrected chi connectivity index (χ4v) is 3.80. The molecule has 0 aromatic heterocycles. The zero-order chi connectivity index (χ0) is 24.4. The number of anilines is 2. The van der Waals surface area contributed by atoms with Crippen molar-refractivity contribution in [1.82, 2.24) is 5.32 Å². The number of carbonyl (C=O) groups excluding carboxylic acids is 3. The quantitative estimate of drug-likeness (QED) is 0.455. The molecule has 6 nitrogen and oxygen atoms in total. The topological polar surface area (TPSA) is 78.5 Å². The molecule has 0 aliphatic carbocycles. The van der Waals surface area contributed by atoms with Crippen molar-refractivity contribution in [3.63, 3.8) is 0 Å². The molecule has 4 rings (SSSR count). The van der Waals surface area contributed by atoms with Gasteiger partial charge in [0.25, 0.3) is 17.7 Å². The van der Waals surface area contributed by atoms with E-state index in [0.717, 1.165) is 21.6 Å². The molecule has 0 saturated heterocycles. The van der Waals surface area contributed by atoms with Gasteiger partial charge < -0.3 is 10.6 Å². The van der Waals surface area contributed by atoms with Crippen molar-refractivity contribution < 1.29 is 14.4 Å². The number of hydrogen-bond donors (Lipinski definition) is 2. The van der Waals surface area contributed by atoms with Crippen LogP contribution in [0.25, 0.3) is 0 Å². The Kier molecular flexibility index (Phi) is 6.72. The summed E-state index contributed by atoms with van der Waals surface area (Å²) in [5.41, 5.74) is 3.98. The van der Waals surface area contributed by atoms with Crippen LogP contribution in [0.4, 0.5) is 11.4 Å². The number of rotatable bonds is 6. The minimum atomic E-state index is -0.604. The van der Waals surface area contributed by atoms with Crippen LogP contribution in [-0.2, 0) is 16.1 Å². The van der Waals surface area contributed by atoms with E-state index in [1.807, 2.05) is 38.1 Å². The van der Waals surface area contributed by atoms with Gasteiger partial charge >= 0.3 is 0 Å². The third kappa shape index (κ3) is 4.83. The Balaban J connectivity index is 1.52. The Labute approximate surface area is 207 Å². The smallest absolute Gasteiger partial charge is 0.283 e. The minimum absolute atomic E-state index is 0.0333. The normalized spacial score (nSPS) is 13.5. The number of halogens is 2. The third-order valence-corrected chi connectivity index (χ3v) is 6.05. The number of amides is 3. The zero-order valence-electron chi connectivity index (χ0n) is 18.5. The first kappa shape index (κ1) is 23.5. The first-order chi connectivity index (χ1) is 16.2. The predicted molar refractivity (Wildman–Crippen MR) is 134 cm³/mol. The molecule has 8 heteroatoms. The highest BCUT2D eigenvalue weighted by atomic mass is 35.5. The molecule has 2 N–H and O–H groups in total. The summed E-state index contributed by atoms with van der Waals surface area (Å²) in [4.78, 5) is 39.5. The molecule has 0 spiro atoms. The highest BCUT2D eigenvalue weighted by molar-refractivity contribution is 6.53. The van der Waals surface area contributed by atoms with Crippen molar-refractivity contribution in [3.05, 3.63) is 105 Å². The number of nitrogens with zero attached hydrogens (tertiary/aromatic N) is 1.